The Balaban J connectivity index is 4.46. The van der Waals surface area contributed by atoms with E-state index in [9.17, 15) is 14.4 Å². The summed E-state index contributed by atoms with van der Waals surface area (Å²) in [4.78, 5) is 38.1. The molecular formula is C66H106O6. The van der Waals surface area contributed by atoms with E-state index >= 15 is 0 Å². The molecule has 0 bridgehead atoms. The van der Waals surface area contributed by atoms with E-state index in [0.717, 1.165) is 116 Å². The Kier molecular flexibility index (Phi) is 55.5. The van der Waals surface area contributed by atoms with Crippen molar-refractivity contribution in [2.24, 2.45) is 0 Å². The van der Waals surface area contributed by atoms with Gasteiger partial charge in [0.2, 0.25) is 0 Å². The molecule has 0 aromatic heterocycles. The molecule has 0 aromatic rings. The molecule has 0 aliphatic carbocycles. The van der Waals surface area contributed by atoms with E-state index in [4.69, 9.17) is 14.2 Å². The summed E-state index contributed by atoms with van der Waals surface area (Å²) < 4.78 is 16.8. The van der Waals surface area contributed by atoms with Crippen LogP contribution < -0.4 is 0 Å². The summed E-state index contributed by atoms with van der Waals surface area (Å²) in [5.41, 5.74) is 0. The van der Waals surface area contributed by atoms with Crippen LogP contribution in [0, 0.1) is 0 Å². The first-order valence-corrected chi connectivity index (χ1v) is 29.2. The third kappa shape index (κ3) is 56.5. The Morgan fingerprint density at radius 3 is 0.917 bits per heavy atom. The van der Waals surface area contributed by atoms with Crippen LogP contribution in [0.1, 0.15) is 245 Å². The lowest BCUT2D eigenvalue weighted by molar-refractivity contribution is -0.166. The molecule has 0 heterocycles. The summed E-state index contributed by atoms with van der Waals surface area (Å²) in [6, 6.07) is 0. The van der Waals surface area contributed by atoms with Crippen LogP contribution in [0.4, 0.5) is 0 Å². The van der Waals surface area contributed by atoms with Crippen molar-refractivity contribution in [3.05, 3.63) is 134 Å². The van der Waals surface area contributed by atoms with Gasteiger partial charge >= 0.3 is 17.9 Å². The third-order valence-electron chi connectivity index (χ3n) is 11.9. The Hall–Kier alpha value is -4.45. The molecule has 0 saturated heterocycles. The minimum atomic E-state index is -0.828. The van der Waals surface area contributed by atoms with Gasteiger partial charge in [0.15, 0.2) is 6.10 Å². The Morgan fingerprint density at radius 2 is 0.569 bits per heavy atom. The van der Waals surface area contributed by atoms with Gasteiger partial charge in [-0.1, -0.05) is 238 Å². The summed E-state index contributed by atoms with van der Waals surface area (Å²) >= 11 is 0. The maximum absolute atomic E-state index is 12.8. The van der Waals surface area contributed by atoms with Crippen LogP contribution in [0.2, 0.25) is 0 Å². The highest BCUT2D eigenvalue weighted by Gasteiger charge is 2.19. The van der Waals surface area contributed by atoms with Gasteiger partial charge in [-0.3, -0.25) is 14.4 Å². The van der Waals surface area contributed by atoms with Crippen molar-refractivity contribution in [3.8, 4) is 0 Å². The molecule has 0 spiro atoms. The largest absolute Gasteiger partial charge is 0.462 e. The molecule has 0 fully saturated rings. The number of ether oxygens (including phenoxy) is 3. The highest BCUT2D eigenvalue weighted by atomic mass is 16.6. The molecule has 6 heteroatoms. The third-order valence-corrected chi connectivity index (χ3v) is 11.9. The van der Waals surface area contributed by atoms with E-state index in [1.54, 1.807) is 0 Å². The number of unbranched alkanes of at least 4 members (excludes halogenated alkanes) is 18. The minimum absolute atomic E-state index is 0.117. The number of esters is 3. The smallest absolute Gasteiger partial charge is 0.306 e. The molecular weight excluding hydrogens is 889 g/mol. The molecule has 1 unspecified atom stereocenters. The molecule has 0 N–H and O–H groups in total. The summed E-state index contributed by atoms with van der Waals surface area (Å²) in [6.45, 7) is 6.31. The quantitative estimate of drug-likeness (QED) is 0.0261. The first-order chi connectivity index (χ1) is 35.5. The molecule has 0 rings (SSSR count). The van der Waals surface area contributed by atoms with E-state index < -0.39 is 12.1 Å². The first kappa shape index (κ1) is 67.5. The van der Waals surface area contributed by atoms with E-state index in [0.29, 0.717) is 19.3 Å². The average molecular weight is 996 g/mol. The lowest BCUT2D eigenvalue weighted by Gasteiger charge is -2.18. The molecule has 0 aliphatic rings. The Bertz CT molecular complexity index is 1560. The SMILES string of the molecule is CC/C=C\C/C=C\C/C=C\C/C=C\C/C=C\C/C=C\CCC(=O)OC(COC(=O)CCCCCCC/C=C\CCCCC)COC(=O)CCCCCCCCCCCC/C=C\C/C=C\C/C=C\C/C=C\CC. The van der Waals surface area contributed by atoms with E-state index in [1.807, 2.05) is 12.2 Å². The van der Waals surface area contributed by atoms with Gasteiger partial charge in [-0.25, -0.2) is 0 Å². The van der Waals surface area contributed by atoms with Crippen molar-refractivity contribution in [1.29, 1.82) is 0 Å². The van der Waals surface area contributed by atoms with Crippen LogP contribution in [-0.4, -0.2) is 37.2 Å². The number of carbonyl (C=O) groups excluding carboxylic acids is 3. The zero-order valence-corrected chi connectivity index (χ0v) is 46.4. The van der Waals surface area contributed by atoms with Crippen LogP contribution in [0.25, 0.3) is 0 Å². The number of hydrogen-bond acceptors (Lipinski definition) is 6. The first-order valence-electron chi connectivity index (χ1n) is 29.2. The second kappa shape index (κ2) is 59.1. The fraction of sp³-hybridized carbons (Fsp3) is 0.621. The maximum atomic E-state index is 12.8. The highest BCUT2D eigenvalue weighted by Crippen LogP contribution is 2.14. The minimum Gasteiger partial charge on any atom is -0.462 e. The molecule has 406 valence electrons. The van der Waals surface area contributed by atoms with Crippen molar-refractivity contribution < 1.29 is 28.6 Å². The topological polar surface area (TPSA) is 78.9 Å². The van der Waals surface area contributed by atoms with Crippen molar-refractivity contribution in [2.45, 2.75) is 252 Å². The molecule has 0 radical (unpaired) electrons. The van der Waals surface area contributed by atoms with Crippen LogP contribution in [0.3, 0.4) is 0 Å². The van der Waals surface area contributed by atoms with Crippen LogP contribution >= 0.6 is 0 Å². The predicted octanol–water partition coefficient (Wildman–Crippen LogP) is 19.8. The zero-order chi connectivity index (χ0) is 52.2. The van der Waals surface area contributed by atoms with Crippen molar-refractivity contribution >= 4 is 17.9 Å². The predicted molar refractivity (Wildman–Crippen MR) is 311 cm³/mol. The fourth-order valence-corrected chi connectivity index (χ4v) is 7.57. The summed E-state index contributed by atoms with van der Waals surface area (Å²) in [7, 11) is 0. The molecule has 0 saturated carbocycles. The summed E-state index contributed by atoms with van der Waals surface area (Å²) in [5, 5.41) is 0. The Labute approximate surface area is 443 Å². The van der Waals surface area contributed by atoms with E-state index in [2.05, 4.69) is 142 Å². The van der Waals surface area contributed by atoms with Gasteiger partial charge in [-0.2, -0.15) is 0 Å². The highest BCUT2D eigenvalue weighted by molar-refractivity contribution is 5.71. The van der Waals surface area contributed by atoms with Gasteiger partial charge in [0.05, 0.1) is 0 Å². The fourth-order valence-electron chi connectivity index (χ4n) is 7.57. The second-order valence-corrected chi connectivity index (χ2v) is 18.8. The van der Waals surface area contributed by atoms with Crippen LogP contribution in [-0.2, 0) is 28.6 Å². The lowest BCUT2D eigenvalue weighted by Crippen LogP contribution is -2.30. The molecule has 0 amide bonds. The molecule has 0 aromatic carbocycles. The van der Waals surface area contributed by atoms with Crippen molar-refractivity contribution in [1.82, 2.24) is 0 Å². The van der Waals surface area contributed by atoms with Crippen LogP contribution in [0.15, 0.2) is 134 Å². The van der Waals surface area contributed by atoms with Gasteiger partial charge < -0.3 is 14.2 Å². The standard InChI is InChI=1S/C66H106O6/c1-4-7-10-13-16-19-22-25-27-29-31-32-33-34-36-37-39-41-44-47-50-53-56-59-65(68)71-62-63(61-70-64(67)58-55-52-49-46-43-24-21-18-15-12-9-6-3)72-66(69)60-57-54-51-48-45-42-40-38-35-30-28-26-23-20-17-14-11-8-5-2/h7-8,10-11,16-21,25-28,31-32,35,38,42,45,51,54,63H,4-6,9,12-15,22-24,29-30,33-34,36-37,39-41,43-44,46-50,52-53,55-62H2,1-3H3/b10-7-,11-8-,19-16-,20-17-,21-18-,27-25-,28-26-,32-31-,38-35-,45-42-,54-51-. The number of allylic oxidation sites excluding steroid dienone is 22. The summed E-state index contributed by atoms with van der Waals surface area (Å²) in [5.74, 6) is -1.02. The summed E-state index contributed by atoms with van der Waals surface area (Å²) in [6.07, 6.45) is 83.1. The van der Waals surface area contributed by atoms with Gasteiger partial charge in [-0.05, 0) is 122 Å². The van der Waals surface area contributed by atoms with Gasteiger partial charge in [0, 0.05) is 19.3 Å². The molecule has 1 atom stereocenters. The van der Waals surface area contributed by atoms with Crippen molar-refractivity contribution in [3.63, 3.8) is 0 Å². The second-order valence-electron chi connectivity index (χ2n) is 18.8. The van der Waals surface area contributed by atoms with E-state index in [1.165, 1.54) is 83.5 Å². The number of hydrogen-bond donors (Lipinski definition) is 0. The number of carbonyl (C=O) groups is 3. The van der Waals surface area contributed by atoms with Gasteiger partial charge in [0.25, 0.3) is 0 Å². The molecule has 6 nitrogen and oxygen atoms in total. The lowest BCUT2D eigenvalue weighted by atomic mass is 10.1. The maximum Gasteiger partial charge on any atom is 0.306 e. The van der Waals surface area contributed by atoms with Crippen LogP contribution in [0.5, 0.6) is 0 Å². The average Bonchev–Trinajstić information content (AvgIpc) is 3.38. The molecule has 0 aliphatic heterocycles. The van der Waals surface area contributed by atoms with Gasteiger partial charge in [0.1, 0.15) is 13.2 Å². The Morgan fingerprint density at radius 1 is 0.292 bits per heavy atom. The normalized spacial score (nSPS) is 13.1. The van der Waals surface area contributed by atoms with Gasteiger partial charge in [-0.15, -0.1) is 0 Å². The number of rotatable bonds is 51. The van der Waals surface area contributed by atoms with Crippen molar-refractivity contribution in [2.75, 3.05) is 13.2 Å². The van der Waals surface area contributed by atoms with E-state index in [-0.39, 0.29) is 31.6 Å². The molecule has 72 heavy (non-hydrogen) atoms. The monoisotopic (exact) mass is 995 g/mol. The zero-order valence-electron chi connectivity index (χ0n) is 46.4.